The molecule has 7 aromatic carbocycles. The minimum Gasteiger partial charge on any atom is -0.278 e. The van der Waals surface area contributed by atoms with Crippen LogP contribution in [0, 0.1) is 0 Å². The average Bonchev–Trinajstić information content (AvgIpc) is 3.83. The highest BCUT2D eigenvalue weighted by Crippen LogP contribution is 2.58. The molecule has 3 aromatic heterocycles. The first kappa shape index (κ1) is 21.4. The van der Waals surface area contributed by atoms with Crippen LogP contribution in [-0.2, 0) is 0 Å². The molecular formula is C47H29N5. The van der Waals surface area contributed by atoms with E-state index < -0.39 is 48.3 Å². The molecule has 0 atom stereocenters. The maximum Gasteiger partial charge on any atom is 0.240 e. The molecule has 2 bridgehead atoms. The molecule has 3 aliphatic rings. The molecule has 0 N–H and O–H groups in total. The molecule has 52 heavy (non-hydrogen) atoms. The minimum atomic E-state index is -0.521. The fourth-order valence-corrected chi connectivity index (χ4v) is 8.83. The van der Waals surface area contributed by atoms with Crippen LogP contribution in [0.4, 0.5) is 0 Å². The minimum absolute atomic E-state index is 0.0159. The summed E-state index contributed by atoms with van der Waals surface area (Å²) in [5.41, 5.74) is 9.90. The molecule has 5 heteroatoms. The van der Waals surface area contributed by atoms with E-state index in [0.29, 0.717) is 5.56 Å². The van der Waals surface area contributed by atoms with E-state index in [2.05, 4.69) is 66.7 Å². The van der Waals surface area contributed by atoms with E-state index in [1.54, 1.807) is 0 Å². The van der Waals surface area contributed by atoms with Crippen LogP contribution in [-0.4, -0.2) is 24.1 Å². The molecule has 242 valence electrons. The third-order valence-corrected chi connectivity index (χ3v) is 10.8. The Morgan fingerprint density at radius 1 is 0.423 bits per heavy atom. The van der Waals surface area contributed by atoms with Crippen LogP contribution in [0.25, 0.3) is 66.9 Å². The van der Waals surface area contributed by atoms with Crippen molar-refractivity contribution in [1.29, 1.82) is 0 Å². The van der Waals surface area contributed by atoms with E-state index in [1.165, 1.54) is 37.9 Å². The Balaban J connectivity index is 1.22. The van der Waals surface area contributed by atoms with Gasteiger partial charge in [0.25, 0.3) is 0 Å². The fourth-order valence-electron chi connectivity index (χ4n) is 8.83. The van der Waals surface area contributed by atoms with Crippen molar-refractivity contribution in [2.45, 2.75) is 11.8 Å². The lowest BCUT2D eigenvalue weighted by Gasteiger charge is -2.42. The lowest BCUT2D eigenvalue weighted by atomic mass is 9.60. The van der Waals surface area contributed by atoms with Gasteiger partial charge >= 0.3 is 0 Å². The second-order valence-electron chi connectivity index (χ2n) is 13.3. The van der Waals surface area contributed by atoms with Gasteiger partial charge in [-0.3, -0.25) is 9.13 Å². The zero-order valence-electron chi connectivity index (χ0n) is 35.4. The van der Waals surface area contributed by atoms with E-state index in [1.807, 2.05) is 53.1 Å². The Hall–Kier alpha value is -6.85. The number of aromatic nitrogens is 5. The largest absolute Gasteiger partial charge is 0.278 e. The van der Waals surface area contributed by atoms with Crippen LogP contribution in [0.3, 0.4) is 0 Å². The van der Waals surface area contributed by atoms with Crippen molar-refractivity contribution in [1.82, 2.24) is 24.1 Å². The smallest absolute Gasteiger partial charge is 0.240 e. The normalized spacial score (nSPS) is 17.8. The van der Waals surface area contributed by atoms with Crippen molar-refractivity contribution in [2.24, 2.45) is 0 Å². The standard InChI is InChI=1S/C47H29N5/c1-2-14-28(15-3-1)45-48-46(51-37-23-11-8-16-29(37)30-17-9-12-24-38(30)51)50-47(49-45)52-39-25-13-10-22-35(39)43-40(52)27-26-36-41-31-18-4-6-20-33(31)42(44(36)43)34-21-7-5-19-32(34)41/h1-27,41-42H/i8D,9D,11D,12D,16D,17D,23D,24D. The van der Waals surface area contributed by atoms with Gasteiger partial charge < -0.3 is 0 Å². The van der Waals surface area contributed by atoms with E-state index in [4.69, 9.17) is 25.9 Å². The number of rotatable bonds is 3. The van der Waals surface area contributed by atoms with Gasteiger partial charge in [-0.2, -0.15) is 15.0 Å². The zero-order valence-corrected chi connectivity index (χ0v) is 27.4. The molecule has 0 unspecified atom stereocenters. The van der Waals surface area contributed by atoms with Gasteiger partial charge in [0.05, 0.1) is 33.0 Å². The second kappa shape index (κ2) is 10.3. The van der Waals surface area contributed by atoms with E-state index in [9.17, 15) is 0 Å². The molecule has 3 aliphatic carbocycles. The van der Waals surface area contributed by atoms with Crippen LogP contribution in [0.15, 0.2) is 164 Å². The Morgan fingerprint density at radius 3 is 1.62 bits per heavy atom. The molecule has 0 spiro atoms. The third-order valence-electron chi connectivity index (χ3n) is 10.8. The van der Waals surface area contributed by atoms with Gasteiger partial charge in [0.15, 0.2) is 5.82 Å². The molecule has 3 heterocycles. The molecule has 0 amide bonds. The highest BCUT2D eigenvalue weighted by molar-refractivity contribution is 6.12. The van der Waals surface area contributed by atoms with Crippen molar-refractivity contribution >= 4 is 43.6 Å². The number of nitrogens with zero attached hydrogens (tertiary/aromatic N) is 5. The Bertz CT molecular complexity index is 3440. The van der Waals surface area contributed by atoms with Gasteiger partial charge in [0, 0.05) is 38.9 Å². The summed E-state index contributed by atoms with van der Waals surface area (Å²) >= 11 is 0. The topological polar surface area (TPSA) is 48.5 Å². The zero-order chi connectivity index (χ0) is 40.9. The van der Waals surface area contributed by atoms with Crippen molar-refractivity contribution < 1.29 is 11.0 Å². The average molecular weight is 672 g/mol. The van der Waals surface area contributed by atoms with Crippen molar-refractivity contribution in [3.05, 3.63) is 197 Å². The molecule has 0 radical (unpaired) electrons. The van der Waals surface area contributed by atoms with Crippen molar-refractivity contribution in [3.63, 3.8) is 0 Å². The SMILES string of the molecule is [2H]c1c([2H])c([2H])c2c(c1[2H])c1c([2H])c([2H])c([2H])c([2H])c1n2-c1nc(-c2ccccc2)nc(-n2c3ccccc3c3c4c(ccc32)C2c3ccccc3C4c3ccccc32)n1. The summed E-state index contributed by atoms with van der Waals surface area (Å²) < 4.78 is 74.0. The quantitative estimate of drug-likeness (QED) is 0.188. The first-order chi connectivity index (χ1) is 29.2. The fraction of sp³-hybridized carbons (Fsp3) is 0.0426. The van der Waals surface area contributed by atoms with Gasteiger partial charge in [-0.15, -0.1) is 0 Å². The first-order valence-corrected chi connectivity index (χ1v) is 17.2. The number of para-hydroxylation sites is 3. The van der Waals surface area contributed by atoms with Crippen molar-refractivity contribution in [2.75, 3.05) is 0 Å². The highest BCUT2D eigenvalue weighted by atomic mass is 15.3. The van der Waals surface area contributed by atoms with Crippen LogP contribution in [0.1, 0.15) is 56.2 Å². The number of hydrogen-bond donors (Lipinski definition) is 0. The van der Waals surface area contributed by atoms with E-state index in [-0.39, 0.29) is 51.4 Å². The summed E-state index contributed by atoms with van der Waals surface area (Å²) in [5.74, 6) is 0.464. The third kappa shape index (κ3) is 3.64. The van der Waals surface area contributed by atoms with Crippen molar-refractivity contribution in [3.8, 4) is 23.3 Å². The maximum atomic E-state index is 9.15. The van der Waals surface area contributed by atoms with Gasteiger partial charge in [-0.05, 0) is 57.6 Å². The molecule has 13 rings (SSSR count). The Morgan fingerprint density at radius 2 is 0.962 bits per heavy atom. The maximum absolute atomic E-state index is 9.15. The van der Waals surface area contributed by atoms with Crippen LogP contribution < -0.4 is 0 Å². The summed E-state index contributed by atoms with van der Waals surface area (Å²) in [6, 6.07) is 35.4. The van der Waals surface area contributed by atoms with Gasteiger partial charge in [0.2, 0.25) is 11.9 Å². The second-order valence-corrected chi connectivity index (χ2v) is 13.3. The first-order valence-electron chi connectivity index (χ1n) is 21.2. The summed E-state index contributed by atoms with van der Waals surface area (Å²) in [4.78, 5) is 15.2. The molecular weight excluding hydrogens is 635 g/mol. The molecule has 0 fully saturated rings. The Kier molecular flexibility index (Phi) is 4.25. The number of benzene rings is 7. The van der Waals surface area contributed by atoms with Crippen LogP contribution in [0.2, 0.25) is 0 Å². The van der Waals surface area contributed by atoms with Crippen LogP contribution in [0.5, 0.6) is 0 Å². The summed E-state index contributed by atoms with van der Waals surface area (Å²) in [5, 5.41) is 1.98. The molecule has 0 saturated heterocycles. The van der Waals surface area contributed by atoms with Crippen LogP contribution >= 0.6 is 0 Å². The molecule has 0 saturated carbocycles. The summed E-state index contributed by atoms with van der Waals surface area (Å²) in [6.45, 7) is 0. The van der Waals surface area contributed by atoms with Gasteiger partial charge in [-0.1, -0.05) is 139 Å². The summed E-state index contributed by atoms with van der Waals surface area (Å²) in [7, 11) is 0. The molecule has 5 nitrogen and oxygen atoms in total. The van der Waals surface area contributed by atoms with Gasteiger partial charge in [0.1, 0.15) is 0 Å². The lowest BCUT2D eigenvalue weighted by Crippen LogP contribution is -2.27. The highest BCUT2D eigenvalue weighted by Gasteiger charge is 2.42. The van der Waals surface area contributed by atoms with E-state index in [0.717, 1.165) is 21.8 Å². The predicted octanol–water partition coefficient (Wildman–Crippen LogP) is 10.7. The lowest BCUT2D eigenvalue weighted by molar-refractivity contribution is 0.761. The molecule has 0 aliphatic heterocycles. The molecule has 10 aromatic rings. The Labute approximate surface area is 310 Å². The number of fused-ring (bicyclic) bond motifs is 6. The predicted molar refractivity (Wildman–Crippen MR) is 209 cm³/mol. The monoisotopic (exact) mass is 671 g/mol. The van der Waals surface area contributed by atoms with Gasteiger partial charge in [-0.25, -0.2) is 0 Å². The number of hydrogen-bond acceptors (Lipinski definition) is 3. The van der Waals surface area contributed by atoms with E-state index >= 15 is 0 Å². The summed E-state index contributed by atoms with van der Waals surface area (Å²) in [6.07, 6.45) is 0.